The number of carbonyl (C=O) groups excluding carboxylic acids is 1. The standard InChI is InChI=1S/C20H25N5O/c1-14-22-18-10-13-25(19(26)8-7-15-4-2-3-11-21-15)12-9-17(18)20(23-14)24-16-5-6-16/h2-4,11,16H,5-10,12-13H2,1H3,(H,22,23,24). The van der Waals surface area contributed by atoms with Crippen molar-refractivity contribution >= 4 is 11.7 Å². The van der Waals surface area contributed by atoms with E-state index in [2.05, 4.69) is 20.3 Å². The fourth-order valence-electron chi connectivity index (χ4n) is 3.45. The first-order chi connectivity index (χ1) is 12.7. The number of aromatic nitrogens is 3. The van der Waals surface area contributed by atoms with Gasteiger partial charge in [-0.05, 0) is 44.7 Å². The van der Waals surface area contributed by atoms with Crippen LogP contribution in [0.5, 0.6) is 0 Å². The Kier molecular flexibility index (Phi) is 4.82. The highest BCUT2D eigenvalue weighted by Crippen LogP contribution is 2.28. The van der Waals surface area contributed by atoms with Gasteiger partial charge in [-0.25, -0.2) is 9.97 Å². The summed E-state index contributed by atoms with van der Waals surface area (Å²) in [6.07, 6.45) is 7.03. The predicted molar refractivity (Wildman–Crippen MR) is 100.0 cm³/mol. The van der Waals surface area contributed by atoms with E-state index in [1.165, 1.54) is 18.4 Å². The molecule has 6 nitrogen and oxygen atoms in total. The van der Waals surface area contributed by atoms with Gasteiger partial charge in [0, 0.05) is 49.4 Å². The second kappa shape index (κ2) is 7.40. The molecule has 3 heterocycles. The van der Waals surface area contributed by atoms with E-state index >= 15 is 0 Å². The van der Waals surface area contributed by atoms with Crippen LogP contribution in [0.25, 0.3) is 0 Å². The van der Waals surface area contributed by atoms with Crippen LogP contribution in [0.4, 0.5) is 5.82 Å². The maximum absolute atomic E-state index is 12.7. The van der Waals surface area contributed by atoms with Gasteiger partial charge in [0.2, 0.25) is 5.91 Å². The van der Waals surface area contributed by atoms with E-state index in [9.17, 15) is 4.79 Å². The third kappa shape index (κ3) is 4.00. The number of aryl methyl sites for hydroxylation is 2. The summed E-state index contributed by atoms with van der Waals surface area (Å²) < 4.78 is 0. The highest BCUT2D eigenvalue weighted by atomic mass is 16.2. The molecule has 1 saturated carbocycles. The lowest BCUT2D eigenvalue weighted by Crippen LogP contribution is -2.33. The molecule has 0 atom stereocenters. The van der Waals surface area contributed by atoms with Gasteiger partial charge < -0.3 is 10.2 Å². The zero-order chi connectivity index (χ0) is 17.9. The minimum absolute atomic E-state index is 0.199. The Labute approximate surface area is 154 Å². The molecular formula is C20H25N5O. The van der Waals surface area contributed by atoms with Gasteiger partial charge in [0.25, 0.3) is 0 Å². The third-order valence-corrected chi connectivity index (χ3v) is 5.05. The molecule has 2 aromatic heterocycles. The first-order valence-electron chi connectivity index (χ1n) is 9.49. The van der Waals surface area contributed by atoms with Crippen LogP contribution in [0, 0.1) is 6.92 Å². The Morgan fingerprint density at radius 3 is 2.85 bits per heavy atom. The van der Waals surface area contributed by atoms with Crippen LogP contribution in [0.1, 0.15) is 42.0 Å². The molecule has 1 amide bonds. The van der Waals surface area contributed by atoms with E-state index < -0.39 is 0 Å². The van der Waals surface area contributed by atoms with Crippen LogP contribution in [0.2, 0.25) is 0 Å². The van der Waals surface area contributed by atoms with Gasteiger partial charge in [-0.1, -0.05) is 6.07 Å². The largest absolute Gasteiger partial charge is 0.367 e. The molecule has 0 aromatic carbocycles. The quantitative estimate of drug-likeness (QED) is 0.895. The lowest BCUT2D eigenvalue weighted by Gasteiger charge is -2.20. The third-order valence-electron chi connectivity index (χ3n) is 5.05. The molecule has 0 saturated heterocycles. The minimum Gasteiger partial charge on any atom is -0.367 e. The van der Waals surface area contributed by atoms with Crippen molar-refractivity contribution in [2.45, 2.75) is 51.5 Å². The number of nitrogens with zero attached hydrogens (tertiary/aromatic N) is 4. The summed E-state index contributed by atoms with van der Waals surface area (Å²) in [7, 11) is 0. The molecule has 1 N–H and O–H groups in total. The van der Waals surface area contributed by atoms with Crippen molar-refractivity contribution in [2.24, 2.45) is 0 Å². The fourth-order valence-corrected chi connectivity index (χ4v) is 3.45. The Morgan fingerprint density at radius 2 is 2.08 bits per heavy atom. The summed E-state index contributed by atoms with van der Waals surface area (Å²) in [6.45, 7) is 3.41. The number of amides is 1. The molecule has 0 radical (unpaired) electrons. The molecule has 4 rings (SSSR count). The van der Waals surface area contributed by atoms with Crippen molar-refractivity contribution in [2.75, 3.05) is 18.4 Å². The van der Waals surface area contributed by atoms with E-state index in [1.54, 1.807) is 6.20 Å². The second-order valence-corrected chi connectivity index (χ2v) is 7.17. The minimum atomic E-state index is 0.199. The van der Waals surface area contributed by atoms with Gasteiger partial charge in [0.1, 0.15) is 11.6 Å². The van der Waals surface area contributed by atoms with Crippen molar-refractivity contribution < 1.29 is 4.79 Å². The van der Waals surface area contributed by atoms with Crippen LogP contribution in [-0.4, -0.2) is 44.9 Å². The van der Waals surface area contributed by atoms with Crippen molar-refractivity contribution in [3.63, 3.8) is 0 Å². The van der Waals surface area contributed by atoms with Gasteiger partial charge in [-0.2, -0.15) is 0 Å². The average Bonchev–Trinajstić information content (AvgIpc) is 3.47. The maximum atomic E-state index is 12.7. The summed E-state index contributed by atoms with van der Waals surface area (Å²) in [4.78, 5) is 28.2. The number of nitrogens with one attached hydrogen (secondary N) is 1. The molecular weight excluding hydrogens is 326 g/mol. The number of anilines is 1. The summed E-state index contributed by atoms with van der Waals surface area (Å²) in [5, 5.41) is 3.54. The van der Waals surface area contributed by atoms with E-state index in [1.807, 2.05) is 30.0 Å². The normalized spacial score (nSPS) is 16.7. The molecule has 136 valence electrons. The first kappa shape index (κ1) is 16.9. The molecule has 1 aliphatic heterocycles. The number of rotatable bonds is 5. The molecule has 26 heavy (non-hydrogen) atoms. The number of hydrogen-bond acceptors (Lipinski definition) is 5. The van der Waals surface area contributed by atoms with Gasteiger partial charge in [0.05, 0.1) is 5.69 Å². The van der Waals surface area contributed by atoms with Crippen LogP contribution < -0.4 is 5.32 Å². The Balaban J connectivity index is 1.41. The average molecular weight is 351 g/mol. The second-order valence-electron chi connectivity index (χ2n) is 7.17. The molecule has 0 spiro atoms. The van der Waals surface area contributed by atoms with Crippen LogP contribution in [-0.2, 0) is 24.1 Å². The monoisotopic (exact) mass is 351 g/mol. The fraction of sp³-hybridized carbons (Fsp3) is 0.500. The Hall–Kier alpha value is -2.50. The number of pyridine rings is 1. The molecule has 2 aromatic rings. The number of hydrogen-bond donors (Lipinski definition) is 1. The van der Waals surface area contributed by atoms with Gasteiger partial charge in [-0.3, -0.25) is 9.78 Å². The van der Waals surface area contributed by atoms with E-state index in [-0.39, 0.29) is 5.91 Å². The summed E-state index contributed by atoms with van der Waals surface area (Å²) in [6, 6.07) is 6.39. The Bertz CT molecular complexity index is 788. The van der Waals surface area contributed by atoms with Crippen LogP contribution in [0.15, 0.2) is 24.4 Å². The van der Waals surface area contributed by atoms with Crippen molar-refractivity contribution in [1.82, 2.24) is 19.9 Å². The predicted octanol–water partition coefficient (Wildman–Crippen LogP) is 2.31. The highest BCUT2D eigenvalue weighted by Gasteiger charge is 2.26. The lowest BCUT2D eigenvalue weighted by molar-refractivity contribution is -0.131. The molecule has 1 aliphatic carbocycles. The topological polar surface area (TPSA) is 71.0 Å². The Morgan fingerprint density at radius 1 is 1.23 bits per heavy atom. The molecule has 1 fully saturated rings. The molecule has 0 bridgehead atoms. The van der Waals surface area contributed by atoms with E-state index in [0.29, 0.717) is 18.9 Å². The number of carbonyl (C=O) groups is 1. The highest BCUT2D eigenvalue weighted by molar-refractivity contribution is 5.76. The van der Waals surface area contributed by atoms with Gasteiger partial charge in [-0.15, -0.1) is 0 Å². The maximum Gasteiger partial charge on any atom is 0.222 e. The lowest BCUT2D eigenvalue weighted by atomic mass is 10.1. The summed E-state index contributed by atoms with van der Waals surface area (Å²) in [5.41, 5.74) is 3.26. The molecule has 6 heteroatoms. The van der Waals surface area contributed by atoms with Crippen molar-refractivity contribution in [1.29, 1.82) is 0 Å². The summed E-state index contributed by atoms with van der Waals surface area (Å²) in [5.74, 6) is 1.99. The zero-order valence-electron chi connectivity index (χ0n) is 15.2. The van der Waals surface area contributed by atoms with Crippen LogP contribution >= 0.6 is 0 Å². The SMILES string of the molecule is Cc1nc2c(c(NC3CC3)n1)CCN(C(=O)CCc1ccccn1)CC2. The summed E-state index contributed by atoms with van der Waals surface area (Å²) >= 11 is 0. The van der Waals surface area contributed by atoms with Crippen LogP contribution in [0.3, 0.4) is 0 Å². The van der Waals surface area contributed by atoms with Crippen molar-refractivity contribution in [3.05, 3.63) is 47.2 Å². The number of fused-ring (bicyclic) bond motifs is 1. The molecule has 0 unspecified atom stereocenters. The van der Waals surface area contributed by atoms with Crippen molar-refractivity contribution in [3.8, 4) is 0 Å². The first-order valence-corrected chi connectivity index (χ1v) is 9.49. The zero-order valence-corrected chi connectivity index (χ0v) is 15.2. The van der Waals surface area contributed by atoms with E-state index in [0.717, 1.165) is 49.0 Å². The smallest absolute Gasteiger partial charge is 0.222 e. The van der Waals surface area contributed by atoms with Gasteiger partial charge >= 0.3 is 0 Å². The van der Waals surface area contributed by atoms with E-state index in [4.69, 9.17) is 0 Å². The van der Waals surface area contributed by atoms with Gasteiger partial charge in [0.15, 0.2) is 0 Å². The molecule has 2 aliphatic rings.